The van der Waals surface area contributed by atoms with Crippen LogP contribution < -0.4 is 15.4 Å². The van der Waals surface area contributed by atoms with Gasteiger partial charge < -0.3 is 20.1 Å². The van der Waals surface area contributed by atoms with Crippen molar-refractivity contribution < 1.29 is 9.47 Å². The minimum Gasteiger partial charge on any atom is -0.496 e. The quantitative estimate of drug-likeness (QED) is 0.652. The molecule has 3 aliphatic rings. The second-order valence-electron chi connectivity index (χ2n) is 7.63. The molecule has 0 bridgehead atoms. The number of rotatable bonds is 4. The second-order valence-corrected chi connectivity index (χ2v) is 7.63. The molecule has 0 radical (unpaired) electrons. The lowest BCUT2D eigenvalue weighted by Crippen LogP contribution is -2.72. The normalized spacial score (nSPS) is 30.8. The Balaban J connectivity index is 1.45. The van der Waals surface area contributed by atoms with Crippen LogP contribution in [0.2, 0.25) is 0 Å². The lowest BCUT2D eigenvalue weighted by atomic mass is 9.46. The summed E-state index contributed by atoms with van der Waals surface area (Å²) < 4.78 is 11.5. The van der Waals surface area contributed by atoms with Gasteiger partial charge in [-0.05, 0) is 32.3 Å². The Morgan fingerprint density at radius 2 is 2.16 bits per heavy atom. The van der Waals surface area contributed by atoms with Gasteiger partial charge in [0.1, 0.15) is 5.75 Å². The van der Waals surface area contributed by atoms with E-state index in [1.807, 2.05) is 25.2 Å². The number of ether oxygens (including phenoxy) is 2. The zero-order valence-corrected chi connectivity index (χ0v) is 15.4. The molecule has 1 aromatic carbocycles. The van der Waals surface area contributed by atoms with Crippen LogP contribution in [0.3, 0.4) is 0 Å². The van der Waals surface area contributed by atoms with E-state index in [4.69, 9.17) is 9.47 Å². The van der Waals surface area contributed by atoms with Crippen LogP contribution in [0.25, 0.3) is 0 Å². The molecule has 4 atom stereocenters. The fourth-order valence-corrected chi connectivity index (χ4v) is 5.08. The lowest BCUT2D eigenvalue weighted by molar-refractivity contribution is -0.171. The minimum absolute atomic E-state index is 0.121. The Kier molecular flexibility index (Phi) is 4.36. The number of methoxy groups -OCH3 is 1. The number of nitrogens with one attached hydrogen (secondary N) is 2. The molecule has 5 heteroatoms. The molecule has 0 amide bonds. The molecular formula is C20H29N3O2. The van der Waals surface area contributed by atoms with Crippen LogP contribution in [0.4, 0.5) is 0 Å². The van der Waals surface area contributed by atoms with E-state index in [9.17, 15) is 0 Å². The summed E-state index contributed by atoms with van der Waals surface area (Å²) in [6, 6.07) is 8.75. The van der Waals surface area contributed by atoms with Gasteiger partial charge in [-0.1, -0.05) is 24.6 Å². The molecule has 4 rings (SSSR count). The van der Waals surface area contributed by atoms with Gasteiger partial charge in [0.15, 0.2) is 5.96 Å². The SMILES string of the molecule is CN=C(NC(C)c1ccccc1OC)NC1C2CCOC2C12CCC2. The van der Waals surface area contributed by atoms with Crippen LogP contribution in [0.15, 0.2) is 29.3 Å². The Morgan fingerprint density at radius 3 is 2.84 bits per heavy atom. The van der Waals surface area contributed by atoms with Gasteiger partial charge in [-0.15, -0.1) is 0 Å². The van der Waals surface area contributed by atoms with Crippen LogP contribution in [-0.4, -0.2) is 38.9 Å². The van der Waals surface area contributed by atoms with E-state index in [-0.39, 0.29) is 6.04 Å². The molecule has 0 aromatic heterocycles. The van der Waals surface area contributed by atoms with E-state index in [0.717, 1.165) is 23.9 Å². The highest BCUT2D eigenvalue weighted by Gasteiger charge is 2.66. The van der Waals surface area contributed by atoms with Crippen LogP contribution in [0.1, 0.15) is 44.2 Å². The first kappa shape index (κ1) is 16.7. The number of hydrogen-bond acceptors (Lipinski definition) is 3. The molecule has 2 N–H and O–H groups in total. The minimum atomic E-state index is 0.121. The van der Waals surface area contributed by atoms with Crippen LogP contribution >= 0.6 is 0 Å². The van der Waals surface area contributed by atoms with Gasteiger partial charge >= 0.3 is 0 Å². The van der Waals surface area contributed by atoms with E-state index in [1.165, 1.54) is 25.7 Å². The van der Waals surface area contributed by atoms with Crippen molar-refractivity contribution >= 4 is 5.96 Å². The predicted octanol–water partition coefficient (Wildman–Crippen LogP) is 2.88. The first-order valence-corrected chi connectivity index (χ1v) is 9.44. The maximum atomic E-state index is 6.02. The Morgan fingerprint density at radius 1 is 1.36 bits per heavy atom. The third kappa shape index (κ3) is 2.60. The van der Waals surface area contributed by atoms with Gasteiger partial charge in [-0.3, -0.25) is 4.99 Å². The fourth-order valence-electron chi connectivity index (χ4n) is 5.08. The molecule has 1 aromatic rings. The maximum absolute atomic E-state index is 6.02. The van der Waals surface area contributed by atoms with Crippen molar-refractivity contribution in [3.05, 3.63) is 29.8 Å². The van der Waals surface area contributed by atoms with Crippen molar-refractivity contribution in [2.45, 2.75) is 50.8 Å². The highest BCUT2D eigenvalue weighted by atomic mass is 16.5. The molecule has 1 saturated heterocycles. The molecule has 1 aliphatic heterocycles. The molecule has 25 heavy (non-hydrogen) atoms. The van der Waals surface area contributed by atoms with E-state index in [2.05, 4.69) is 28.6 Å². The monoisotopic (exact) mass is 343 g/mol. The summed E-state index contributed by atoms with van der Waals surface area (Å²) >= 11 is 0. The first-order chi connectivity index (χ1) is 12.2. The number of fused-ring (bicyclic) bond motifs is 2. The highest BCUT2D eigenvalue weighted by Crippen LogP contribution is 2.62. The van der Waals surface area contributed by atoms with Gasteiger partial charge in [-0.2, -0.15) is 0 Å². The van der Waals surface area contributed by atoms with Crippen molar-refractivity contribution in [1.29, 1.82) is 0 Å². The van der Waals surface area contributed by atoms with Crippen molar-refractivity contribution in [2.24, 2.45) is 16.3 Å². The molecule has 3 fully saturated rings. The van der Waals surface area contributed by atoms with Gasteiger partial charge in [0.25, 0.3) is 0 Å². The summed E-state index contributed by atoms with van der Waals surface area (Å²) in [5.41, 5.74) is 1.49. The van der Waals surface area contributed by atoms with Crippen LogP contribution in [0.5, 0.6) is 5.75 Å². The highest BCUT2D eigenvalue weighted by molar-refractivity contribution is 5.81. The summed E-state index contributed by atoms with van der Waals surface area (Å²) in [5.74, 6) is 2.42. The molecule has 4 unspecified atom stereocenters. The zero-order chi connectivity index (χ0) is 17.4. The fraction of sp³-hybridized carbons (Fsp3) is 0.650. The number of aliphatic imine (C=N–C) groups is 1. The lowest BCUT2D eigenvalue weighted by Gasteiger charge is -2.63. The Labute approximate surface area is 150 Å². The number of guanidine groups is 1. The average Bonchev–Trinajstić information content (AvgIpc) is 3.02. The molecular weight excluding hydrogens is 314 g/mol. The summed E-state index contributed by atoms with van der Waals surface area (Å²) in [6.45, 7) is 3.06. The summed E-state index contributed by atoms with van der Waals surface area (Å²) in [5, 5.41) is 7.26. The van der Waals surface area contributed by atoms with E-state index in [0.29, 0.717) is 23.5 Å². The van der Waals surface area contributed by atoms with Crippen molar-refractivity contribution in [3.63, 3.8) is 0 Å². The third-order valence-corrected chi connectivity index (χ3v) is 6.51. The van der Waals surface area contributed by atoms with Gasteiger partial charge in [0.2, 0.25) is 0 Å². The van der Waals surface area contributed by atoms with Crippen molar-refractivity contribution in [3.8, 4) is 5.75 Å². The number of para-hydroxylation sites is 1. The summed E-state index contributed by atoms with van der Waals surface area (Å²) in [4.78, 5) is 4.48. The summed E-state index contributed by atoms with van der Waals surface area (Å²) in [7, 11) is 3.56. The van der Waals surface area contributed by atoms with E-state index >= 15 is 0 Å². The van der Waals surface area contributed by atoms with Crippen LogP contribution in [-0.2, 0) is 4.74 Å². The zero-order valence-electron chi connectivity index (χ0n) is 15.4. The van der Waals surface area contributed by atoms with Gasteiger partial charge in [0.05, 0.1) is 19.3 Å². The second kappa shape index (κ2) is 6.52. The predicted molar refractivity (Wildman–Crippen MR) is 99.0 cm³/mol. The van der Waals surface area contributed by atoms with Gasteiger partial charge in [0, 0.05) is 36.6 Å². The Bertz CT molecular complexity index is 656. The molecule has 5 nitrogen and oxygen atoms in total. The van der Waals surface area contributed by atoms with E-state index in [1.54, 1.807) is 7.11 Å². The summed E-state index contributed by atoms with van der Waals surface area (Å²) in [6.07, 6.45) is 5.54. The topological polar surface area (TPSA) is 54.9 Å². The smallest absolute Gasteiger partial charge is 0.191 e. The number of nitrogens with zero attached hydrogens (tertiary/aromatic N) is 1. The molecule has 136 valence electrons. The number of benzene rings is 1. The molecule has 1 spiro atoms. The molecule has 2 saturated carbocycles. The van der Waals surface area contributed by atoms with Crippen molar-refractivity contribution in [2.75, 3.05) is 20.8 Å². The largest absolute Gasteiger partial charge is 0.496 e. The Hall–Kier alpha value is -1.75. The average molecular weight is 343 g/mol. The maximum Gasteiger partial charge on any atom is 0.191 e. The van der Waals surface area contributed by atoms with E-state index < -0.39 is 0 Å². The number of hydrogen-bond donors (Lipinski definition) is 2. The first-order valence-electron chi connectivity index (χ1n) is 9.44. The van der Waals surface area contributed by atoms with Crippen molar-refractivity contribution in [1.82, 2.24) is 10.6 Å². The molecule has 2 aliphatic carbocycles. The standard InChI is InChI=1S/C20H29N3O2/c1-13(14-7-4-5-8-16(14)24-3)22-19(21-2)23-17-15-9-12-25-18(15)20(17)10-6-11-20/h4-5,7-8,13,15,17-18H,6,9-12H2,1-3H3,(H2,21,22,23). The van der Waals surface area contributed by atoms with Crippen LogP contribution in [0, 0.1) is 11.3 Å². The van der Waals surface area contributed by atoms with Gasteiger partial charge in [-0.25, -0.2) is 0 Å². The molecule has 1 heterocycles. The third-order valence-electron chi connectivity index (χ3n) is 6.51.